The van der Waals surface area contributed by atoms with E-state index in [9.17, 15) is 9.00 Å². The van der Waals surface area contributed by atoms with Crippen LogP contribution in [-0.2, 0) is 10.8 Å². The maximum absolute atomic E-state index is 12.2. The molecule has 4 nitrogen and oxygen atoms in total. The van der Waals surface area contributed by atoms with Crippen LogP contribution in [0.15, 0.2) is 29.2 Å². The molecule has 0 radical (unpaired) electrons. The number of nitrogens with one attached hydrogen (secondary N) is 1. The maximum Gasteiger partial charge on any atom is 0.317 e. The standard InChI is InChI=1S/C16H24N2O2S2/c1-12-4-6-15(7-5-12)21-10-8-17-16(19)18-9-11-22(20)14(3)13(18)2/h4-7,13-14H,8-11H2,1-3H3,(H,17,19). The molecule has 122 valence electrons. The fraction of sp³-hybridized carbons (Fsp3) is 0.562. The molecule has 2 rings (SSSR count). The van der Waals surface area contributed by atoms with Crippen molar-refractivity contribution in [2.45, 2.75) is 37.0 Å². The molecule has 0 aliphatic carbocycles. The minimum atomic E-state index is -0.812. The zero-order chi connectivity index (χ0) is 16.1. The van der Waals surface area contributed by atoms with Crippen LogP contribution in [0.25, 0.3) is 0 Å². The van der Waals surface area contributed by atoms with Gasteiger partial charge in [-0.05, 0) is 32.9 Å². The van der Waals surface area contributed by atoms with Crippen molar-refractivity contribution in [1.82, 2.24) is 10.2 Å². The second kappa shape index (κ2) is 8.02. The van der Waals surface area contributed by atoms with Gasteiger partial charge in [-0.25, -0.2) is 4.79 Å². The predicted molar refractivity (Wildman–Crippen MR) is 93.9 cm³/mol. The average molecular weight is 341 g/mol. The van der Waals surface area contributed by atoms with E-state index in [0.717, 1.165) is 5.75 Å². The van der Waals surface area contributed by atoms with Crippen molar-refractivity contribution in [3.8, 4) is 0 Å². The Morgan fingerprint density at radius 3 is 2.73 bits per heavy atom. The van der Waals surface area contributed by atoms with Crippen LogP contribution in [0.1, 0.15) is 19.4 Å². The second-order valence-corrected chi connectivity index (χ2v) is 8.70. The molecule has 22 heavy (non-hydrogen) atoms. The van der Waals surface area contributed by atoms with E-state index in [-0.39, 0.29) is 17.3 Å². The predicted octanol–water partition coefficient (Wildman–Crippen LogP) is 2.64. The first kappa shape index (κ1) is 17.3. The van der Waals surface area contributed by atoms with Gasteiger partial charge in [-0.3, -0.25) is 4.21 Å². The summed E-state index contributed by atoms with van der Waals surface area (Å²) in [4.78, 5) is 15.2. The summed E-state index contributed by atoms with van der Waals surface area (Å²) in [5, 5.41) is 3.01. The van der Waals surface area contributed by atoms with Gasteiger partial charge in [0.2, 0.25) is 0 Å². The van der Waals surface area contributed by atoms with Crippen LogP contribution in [0, 0.1) is 6.92 Å². The van der Waals surface area contributed by atoms with Crippen LogP contribution >= 0.6 is 11.8 Å². The fourth-order valence-corrected chi connectivity index (χ4v) is 4.50. The largest absolute Gasteiger partial charge is 0.337 e. The van der Waals surface area contributed by atoms with Crippen LogP contribution < -0.4 is 5.32 Å². The van der Waals surface area contributed by atoms with Gasteiger partial charge >= 0.3 is 6.03 Å². The van der Waals surface area contributed by atoms with Crippen molar-refractivity contribution < 1.29 is 9.00 Å². The Bertz CT molecular complexity index is 533. The molecule has 1 N–H and O–H groups in total. The summed E-state index contributed by atoms with van der Waals surface area (Å²) in [7, 11) is -0.812. The summed E-state index contributed by atoms with van der Waals surface area (Å²) in [6.45, 7) is 7.21. The molecule has 0 saturated carbocycles. The molecule has 0 aromatic heterocycles. The van der Waals surface area contributed by atoms with Crippen molar-refractivity contribution >= 4 is 28.6 Å². The number of urea groups is 1. The fourth-order valence-electron chi connectivity index (χ4n) is 2.40. The van der Waals surface area contributed by atoms with Crippen molar-refractivity contribution in [3.63, 3.8) is 0 Å². The average Bonchev–Trinajstić information content (AvgIpc) is 2.51. The Morgan fingerprint density at radius 1 is 1.36 bits per heavy atom. The first-order valence-electron chi connectivity index (χ1n) is 7.60. The van der Waals surface area contributed by atoms with Crippen molar-refractivity contribution in [3.05, 3.63) is 29.8 Å². The van der Waals surface area contributed by atoms with E-state index in [1.807, 2.05) is 18.7 Å². The summed E-state index contributed by atoms with van der Waals surface area (Å²) in [6.07, 6.45) is 0. The number of nitrogens with zero attached hydrogens (tertiary/aromatic N) is 1. The minimum absolute atomic E-state index is 0.0272. The highest BCUT2D eigenvalue weighted by molar-refractivity contribution is 7.99. The van der Waals surface area contributed by atoms with E-state index in [1.54, 1.807) is 11.8 Å². The van der Waals surface area contributed by atoms with Crippen LogP contribution in [0.3, 0.4) is 0 Å². The number of aryl methyl sites for hydroxylation is 1. The third-order valence-corrected chi connectivity index (χ3v) is 6.87. The van der Waals surface area contributed by atoms with E-state index in [2.05, 4.69) is 36.5 Å². The van der Waals surface area contributed by atoms with Gasteiger partial charge in [-0.1, -0.05) is 17.7 Å². The maximum atomic E-state index is 12.2. The zero-order valence-corrected chi connectivity index (χ0v) is 15.0. The second-order valence-electron chi connectivity index (χ2n) is 5.62. The number of hydrogen-bond donors (Lipinski definition) is 1. The summed E-state index contributed by atoms with van der Waals surface area (Å²) in [5.41, 5.74) is 1.25. The molecule has 1 aromatic rings. The third-order valence-electron chi connectivity index (χ3n) is 4.05. The van der Waals surface area contributed by atoms with Gasteiger partial charge in [0.05, 0.1) is 5.25 Å². The summed E-state index contributed by atoms with van der Waals surface area (Å²) in [5.74, 6) is 1.43. The highest BCUT2D eigenvalue weighted by Gasteiger charge is 2.32. The summed E-state index contributed by atoms with van der Waals surface area (Å²) >= 11 is 1.74. The van der Waals surface area contributed by atoms with Crippen LogP contribution in [0.2, 0.25) is 0 Å². The van der Waals surface area contributed by atoms with Gasteiger partial charge < -0.3 is 10.2 Å². The van der Waals surface area contributed by atoms with E-state index in [4.69, 9.17) is 0 Å². The first-order chi connectivity index (χ1) is 10.5. The van der Waals surface area contributed by atoms with Crippen molar-refractivity contribution in [2.75, 3.05) is 24.6 Å². The smallest absolute Gasteiger partial charge is 0.317 e. The van der Waals surface area contributed by atoms with Crippen molar-refractivity contribution in [1.29, 1.82) is 0 Å². The molecule has 3 atom stereocenters. The number of thioether (sulfide) groups is 1. The number of benzene rings is 1. The SMILES string of the molecule is Cc1ccc(SCCNC(=O)N2CCS(=O)C(C)C2C)cc1. The van der Waals surface area contributed by atoms with Gasteiger partial charge in [0.1, 0.15) is 0 Å². The number of rotatable bonds is 4. The number of hydrogen-bond acceptors (Lipinski definition) is 3. The molecule has 1 fully saturated rings. The molecule has 0 bridgehead atoms. The molecule has 3 unspecified atom stereocenters. The normalized spacial score (nSPS) is 25.0. The number of carbonyl (C=O) groups is 1. The van der Waals surface area contributed by atoms with Crippen molar-refractivity contribution in [2.24, 2.45) is 0 Å². The molecule has 1 aromatic carbocycles. The van der Waals surface area contributed by atoms with Crippen LogP contribution in [0.5, 0.6) is 0 Å². The Morgan fingerprint density at radius 2 is 2.05 bits per heavy atom. The van der Waals surface area contributed by atoms with E-state index in [0.29, 0.717) is 18.8 Å². The van der Waals surface area contributed by atoms with Gasteiger partial charge in [0.15, 0.2) is 0 Å². The van der Waals surface area contributed by atoms with Gasteiger partial charge in [0.25, 0.3) is 0 Å². The lowest BCUT2D eigenvalue weighted by Crippen LogP contribution is -2.55. The Labute approximate surface area is 139 Å². The Hall–Kier alpha value is -1.01. The molecule has 1 saturated heterocycles. The lowest BCUT2D eigenvalue weighted by Gasteiger charge is -2.37. The lowest BCUT2D eigenvalue weighted by molar-refractivity contribution is 0.180. The molecule has 1 aliphatic heterocycles. The molecular weight excluding hydrogens is 316 g/mol. The molecule has 1 aliphatic rings. The molecule has 0 spiro atoms. The van der Waals surface area contributed by atoms with Gasteiger partial charge in [0, 0.05) is 46.3 Å². The van der Waals surface area contributed by atoms with E-state index >= 15 is 0 Å². The topological polar surface area (TPSA) is 49.4 Å². The minimum Gasteiger partial charge on any atom is -0.337 e. The highest BCUT2D eigenvalue weighted by atomic mass is 32.2. The molecular formula is C16H24N2O2S2. The number of amides is 2. The Balaban J connectivity index is 1.73. The van der Waals surface area contributed by atoms with Gasteiger partial charge in [-0.2, -0.15) is 0 Å². The monoisotopic (exact) mass is 340 g/mol. The summed E-state index contributed by atoms with van der Waals surface area (Å²) < 4.78 is 11.8. The van der Waals surface area contributed by atoms with E-state index in [1.165, 1.54) is 10.5 Å². The quantitative estimate of drug-likeness (QED) is 0.677. The molecule has 6 heteroatoms. The van der Waals surface area contributed by atoms with E-state index < -0.39 is 10.8 Å². The summed E-state index contributed by atoms with van der Waals surface area (Å²) in [6, 6.07) is 8.38. The number of carbonyl (C=O) groups excluding carboxylic acids is 1. The molecule has 2 amide bonds. The lowest BCUT2D eigenvalue weighted by atomic mass is 10.2. The highest BCUT2D eigenvalue weighted by Crippen LogP contribution is 2.18. The zero-order valence-electron chi connectivity index (χ0n) is 13.4. The first-order valence-corrected chi connectivity index (χ1v) is 9.97. The third kappa shape index (κ3) is 4.49. The van der Waals surface area contributed by atoms with Crippen LogP contribution in [-0.4, -0.2) is 51.0 Å². The Kier molecular flexibility index (Phi) is 6.32. The van der Waals surface area contributed by atoms with Crippen LogP contribution in [0.4, 0.5) is 4.79 Å². The van der Waals surface area contributed by atoms with Gasteiger partial charge in [-0.15, -0.1) is 11.8 Å². The molecule has 1 heterocycles.